The van der Waals surface area contributed by atoms with Crippen LogP contribution >= 0.6 is 11.6 Å². The molecule has 3 aromatic rings. The van der Waals surface area contributed by atoms with Gasteiger partial charge >= 0.3 is 0 Å². The summed E-state index contributed by atoms with van der Waals surface area (Å²) in [6.07, 6.45) is 1.40. The first-order chi connectivity index (χ1) is 11.5. The van der Waals surface area contributed by atoms with Gasteiger partial charge in [-0.1, -0.05) is 29.8 Å². The number of aryl methyl sites for hydroxylation is 2. The first kappa shape index (κ1) is 16.2. The van der Waals surface area contributed by atoms with Crippen LogP contribution in [0.4, 0.5) is 5.69 Å². The van der Waals surface area contributed by atoms with Gasteiger partial charge in [-0.15, -0.1) is 0 Å². The largest absolute Gasteiger partial charge is 0.323 e. The number of aromatic nitrogens is 2. The molecule has 0 saturated heterocycles. The topological polar surface area (TPSA) is 64.0 Å². The summed E-state index contributed by atoms with van der Waals surface area (Å²) >= 11 is 6.11. The van der Waals surface area contributed by atoms with Crippen molar-refractivity contribution in [1.82, 2.24) is 9.55 Å². The van der Waals surface area contributed by atoms with Gasteiger partial charge in [0.15, 0.2) is 0 Å². The van der Waals surface area contributed by atoms with Gasteiger partial charge in [-0.2, -0.15) is 0 Å². The summed E-state index contributed by atoms with van der Waals surface area (Å²) in [6.45, 7) is 3.69. The monoisotopic (exact) mass is 341 g/mol. The molecular weight excluding hydrogens is 326 g/mol. The van der Waals surface area contributed by atoms with Crippen molar-refractivity contribution in [2.24, 2.45) is 0 Å². The molecule has 6 heteroatoms. The van der Waals surface area contributed by atoms with Gasteiger partial charge in [0.1, 0.15) is 6.54 Å². The summed E-state index contributed by atoms with van der Waals surface area (Å²) in [5.41, 5.74) is 2.86. The number of carbonyl (C=O) groups excluding carboxylic acids is 1. The van der Waals surface area contributed by atoms with E-state index in [1.807, 2.05) is 26.0 Å². The van der Waals surface area contributed by atoms with Gasteiger partial charge < -0.3 is 5.32 Å². The van der Waals surface area contributed by atoms with E-state index in [-0.39, 0.29) is 18.0 Å². The molecule has 122 valence electrons. The van der Waals surface area contributed by atoms with E-state index in [2.05, 4.69) is 10.3 Å². The summed E-state index contributed by atoms with van der Waals surface area (Å²) in [6, 6.07) is 10.8. The van der Waals surface area contributed by atoms with Gasteiger partial charge in [-0.05, 0) is 43.2 Å². The molecular formula is C18H16ClN3O2. The van der Waals surface area contributed by atoms with E-state index >= 15 is 0 Å². The summed E-state index contributed by atoms with van der Waals surface area (Å²) in [7, 11) is 0. The van der Waals surface area contributed by atoms with Crippen LogP contribution in [0, 0.1) is 13.8 Å². The SMILES string of the molecule is Cc1ccc(NC(=O)Cn2cnc3c(C)cccc3c2=O)c(Cl)c1. The zero-order chi connectivity index (χ0) is 17.3. The van der Waals surface area contributed by atoms with E-state index in [9.17, 15) is 9.59 Å². The van der Waals surface area contributed by atoms with E-state index in [0.717, 1.165) is 11.1 Å². The maximum atomic E-state index is 12.5. The lowest BCUT2D eigenvalue weighted by atomic mass is 10.1. The van der Waals surface area contributed by atoms with E-state index < -0.39 is 0 Å². The molecule has 0 saturated carbocycles. The molecule has 0 spiro atoms. The van der Waals surface area contributed by atoms with Gasteiger partial charge in [0.05, 0.1) is 27.9 Å². The fraction of sp³-hybridized carbons (Fsp3) is 0.167. The van der Waals surface area contributed by atoms with Crippen molar-refractivity contribution in [1.29, 1.82) is 0 Å². The number of hydrogen-bond acceptors (Lipinski definition) is 3. The highest BCUT2D eigenvalue weighted by atomic mass is 35.5. The number of benzene rings is 2. The summed E-state index contributed by atoms with van der Waals surface area (Å²) in [4.78, 5) is 29.0. The molecule has 3 rings (SSSR count). The lowest BCUT2D eigenvalue weighted by molar-refractivity contribution is -0.116. The van der Waals surface area contributed by atoms with Crippen LogP contribution < -0.4 is 10.9 Å². The van der Waals surface area contributed by atoms with Crippen molar-refractivity contribution in [2.45, 2.75) is 20.4 Å². The molecule has 1 amide bonds. The number of carbonyl (C=O) groups is 1. The first-order valence-corrected chi connectivity index (χ1v) is 7.84. The Labute approximate surface area is 143 Å². The van der Waals surface area contributed by atoms with Crippen LogP contribution in [0.2, 0.25) is 5.02 Å². The quantitative estimate of drug-likeness (QED) is 0.795. The Hall–Kier alpha value is -2.66. The van der Waals surface area contributed by atoms with Crippen molar-refractivity contribution in [3.8, 4) is 0 Å². The number of halogens is 1. The average Bonchev–Trinajstić information content (AvgIpc) is 2.53. The normalized spacial score (nSPS) is 10.8. The van der Waals surface area contributed by atoms with E-state index in [1.165, 1.54) is 10.9 Å². The Morgan fingerprint density at radius 1 is 1.25 bits per heavy atom. The van der Waals surface area contributed by atoms with Crippen LogP contribution in [0.5, 0.6) is 0 Å². The van der Waals surface area contributed by atoms with Gasteiger partial charge in [0.2, 0.25) is 5.91 Å². The standard InChI is InChI=1S/C18H16ClN3O2/c1-11-6-7-15(14(19)8-11)21-16(23)9-22-10-20-17-12(2)4-3-5-13(17)18(22)24/h3-8,10H,9H2,1-2H3,(H,21,23). The third-order valence-corrected chi connectivity index (χ3v) is 4.08. The highest BCUT2D eigenvalue weighted by Gasteiger charge is 2.10. The Morgan fingerprint density at radius 2 is 2.04 bits per heavy atom. The fourth-order valence-electron chi connectivity index (χ4n) is 2.52. The molecule has 1 N–H and O–H groups in total. The molecule has 0 radical (unpaired) electrons. The van der Waals surface area contributed by atoms with E-state index in [4.69, 9.17) is 11.6 Å². The Morgan fingerprint density at radius 3 is 2.79 bits per heavy atom. The molecule has 0 bridgehead atoms. The molecule has 0 aliphatic carbocycles. The molecule has 0 aliphatic rings. The van der Waals surface area contributed by atoms with Gasteiger partial charge in [-0.3, -0.25) is 14.2 Å². The molecule has 0 aliphatic heterocycles. The van der Waals surface area contributed by atoms with Gasteiger partial charge in [0, 0.05) is 0 Å². The second-order valence-electron chi connectivity index (χ2n) is 5.68. The maximum absolute atomic E-state index is 12.5. The van der Waals surface area contributed by atoms with Crippen LogP contribution in [0.15, 0.2) is 47.5 Å². The zero-order valence-electron chi connectivity index (χ0n) is 13.3. The highest BCUT2D eigenvalue weighted by Crippen LogP contribution is 2.22. The number of para-hydroxylation sites is 1. The smallest absolute Gasteiger partial charge is 0.261 e. The number of nitrogens with zero attached hydrogens (tertiary/aromatic N) is 2. The predicted molar refractivity (Wildman–Crippen MR) is 95.6 cm³/mol. The molecule has 5 nitrogen and oxygen atoms in total. The van der Waals surface area contributed by atoms with Crippen LogP contribution in [-0.4, -0.2) is 15.5 Å². The van der Waals surface area contributed by atoms with Crippen molar-refractivity contribution in [2.75, 3.05) is 5.32 Å². The fourth-order valence-corrected chi connectivity index (χ4v) is 2.80. The predicted octanol–water partition coefficient (Wildman–Crippen LogP) is 3.31. The van der Waals surface area contributed by atoms with E-state index in [1.54, 1.807) is 24.3 Å². The molecule has 1 aromatic heterocycles. The summed E-state index contributed by atoms with van der Waals surface area (Å²) < 4.78 is 1.29. The zero-order valence-corrected chi connectivity index (χ0v) is 14.1. The van der Waals surface area contributed by atoms with Crippen molar-refractivity contribution >= 4 is 34.1 Å². The molecule has 0 atom stereocenters. The number of fused-ring (bicyclic) bond motifs is 1. The summed E-state index contributed by atoms with van der Waals surface area (Å²) in [5, 5.41) is 3.67. The minimum absolute atomic E-state index is 0.125. The average molecular weight is 342 g/mol. The number of hydrogen-bond donors (Lipinski definition) is 1. The van der Waals surface area contributed by atoms with Crippen molar-refractivity contribution in [3.63, 3.8) is 0 Å². The van der Waals surface area contributed by atoms with Crippen LogP contribution in [-0.2, 0) is 11.3 Å². The maximum Gasteiger partial charge on any atom is 0.261 e. The third kappa shape index (κ3) is 3.16. The third-order valence-electron chi connectivity index (χ3n) is 3.77. The lowest BCUT2D eigenvalue weighted by Gasteiger charge is -2.10. The van der Waals surface area contributed by atoms with Crippen molar-refractivity contribution < 1.29 is 4.79 Å². The molecule has 0 fully saturated rings. The first-order valence-electron chi connectivity index (χ1n) is 7.46. The number of anilines is 1. The van der Waals surface area contributed by atoms with Crippen LogP contribution in [0.1, 0.15) is 11.1 Å². The summed E-state index contributed by atoms with van der Waals surface area (Å²) in [5.74, 6) is -0.336. The molecule has 1 heterocycles. The molecule has 0 unspecified atom stereocenters. The number of nitrogens with one attached hydrogen (secondary N) is 1. The lowest BCUT2D eigenvalue weighted by Crippen LogP contribution is -2.28. The number of amides is 1. The second-order valence-corrected chi connectivity index (χ2v) is 6.09. The number of rotatable bonds is 3. The van der Waals surface area contributed by atoms with E-state index in [0.29, 0.717) is 21.6 Å². The Bertz CT molecular complexity index is 995. The molecule has 24 heavy (non-hydrogen) atoms. The second kappa shape index (κ2) is 6.45. The Kier molecular flexibility index (Phi) is 4.36. The van der Waals surface area contributed by atoms with Crippen LogP contribution in [0.3, 0.4) is 0 Å². The van der Waals surface area contributed by atoms with Crippen molar-refractivity contribution in [3.05, 3.63) is 69.2 Å². The Balaban J connectivity index is 1.86. The highest BCUT2D eigenvalue weighted by molar-refractivity contribution is 6.33. The molecule has 2 aromatic carbocycles. The minimum Gasteiger partial charge on any atom is -0.323 e. The van der Waals surface area contributed by atoms with Gasteiger partial charge in [0.25, 0.3) is 5.56 Å². The van der Waals surface area contributed by atoms with Gasteiger partial charge in [-0.25, -0.2) is 4.98 Å². The van der Waals surface area contributed by atoms with Crippen LogP contribution in [0.25, 0.3) is 10.9 Å². The minimum atomic E-state index is -0.336.